The molecule has 1 unspecified atom stereocenters. The van der Waals surface area contributed by atoms with Gasteiger partial charge in [0.15, 0.2) is 0 Å². The smallest absolute Gasteiger partial charge is 0.305 e. The second-order valence-corrected chi connectivity index (χ2v) is 10.6. The predicted molar refractivity (Wildman–Crippen MR) is 160 cm³/mol. The fourth-order valence-electron chi connectivity index (χ4n) is 3.89. The van der Waals surface area contributed by atoms with E-state index in [-0.39, 0.29) is 39.1 Å². The fourth-order valence-corrected chi connectivity index (χ4v) is 5.17. The molecule has 4 N–H and O–H groups in total. The fraction of sp³-hybridized carbons (Fsp3) is 0.179. The first-order valence-electron chi connectivity index (χ1n) is 12.1. The molecule has 1 aromatic heterocycles. The largest absolute Gasteiger partial charge is 0.481 e. The van der Waals surface area contributed by atoms with E-state index in [4.69, 9.17) is 23.2 Å². The minimum absolute atomic E-state index is 0.0492. The maximum atomic E-state index is 12.7. The molecule has 0 radical (unpaired) electrons. The van der Waals surface area contributed by atoms with Gasteiger partial charge in [0.2, 0.25) is 0 Å². The minimum Gasteiger partial charge on any atom is -0.481 e. The van der Waals surface area contributed by atoms with Crippen LogP contribution in [0.15, 0.2) is 76.6 Å². The summed E-state index contributed by atoms with van der Waals surface area (Å²) >= 11 is 13.8. The number of aromatic nitrogens is 1. The van der Waals surface area contributed by atoms with Crippen LogP contribution in [0.2, 0.25) is 10.0 Å². The summed E-state index contributed by atoms with van der Waals surface area (Å²) in [4.78, 5) is 52.7. The van der Waals surface area contributed by atoms with Gasteiger partial charge < -0.3 is 21.1 Å². The average Bonchev–Trinajstić information content (AvgIpc) is 2.95. The van der Waals surface area contributed by atoms with Gasteiger partial charge in [-0.15, -0.1) is 0 Å². The Morgan fingerprint density at radius 2 is 1.55 bits per heavy atom. The summed E-state index contributed by atoms with van der Waals surface area (Å²) in [5.41, 5.74) is 1.02. The third kappa shape index (κ3) is 7.20. The van der Waals surface area contributed by atoms with Crippen LogP contribution in [0.5, 0.6) is 0 Å². The van der Waals surface area contributed by atoms with E-state index in [2.05, 4.69) is 20.9 Å². The van der Waals surface area contributed by atoms with E-state index >= 15 is 0 Å². The summed E-state index contributed by atoms with van der Waals surface area (Å²) in [7, 11) is 0. The Morgan fingerprint density at radius 1 is 0.900 bits per heavy atom. The van der Waals surface area contributed by atoms with Crippen molar-refractivity contribution in [3.63, 3.8) is 0 Å². The van der Waals surface area contributed by atoms with Gasteiger partial charge in [-0.3, -0.25) is 24.2 Å². The number of hydrogen-bond acceptors (Lipinski definition) is 8. The molecule has 0 saturated heterocycles. The molecule has 1 atom stereocenters. The summed E-state index contributed by atoms with van der Waals surface area (Å²) in [5, 5.41) is 18.4. The van der Waals surface area contributed by atoms with Crippen molar-refractivity contribution in [3.8, 4) is 0 Å². The highest BCUT2D eigenvalue weighted by atomic mass is 35.5. The number of aliphatic carboxylic acids is 1. The number of thioether (sulfide) groups is 1. The number of halogens is 2. The molecule has 0 bridgehead atoms. The zero-order chi connectivity index (χ0) is 28.6. The van der Waals surface area contributed by atoms with Crippen molar-refractivity contribution >= 4 is 63.9 Å². The van der Waals surface area contributed by atoms with E-state index in [0.29, 0.717) is 17.9 Å². The Kier molecular flexibility index (Phi) is 9.81. The van der Waals surface area contributed by atoms with Crippen molar-refractivity contribution in [1.29, 1.82) is 0 Å². The topological polar surface area (TPSA) is 137 Å². The number of nitrogens with one attached hydrogen (secondary N) is 3. The number of carbonyl (C=O) groups is 2. The first-order valence-corrected chi connectivity index (χ1v) is 14.0. The van der Waals surface area contributed by atoms with Crippen molar-refractivity contribution < 1.29 is 14.7 Å². The van der Waals surface area contributed by atoms with E-state index in [0.717, 1.165) is 5.75 Å². The number of amides is 1. The molecule has 40 heavy (non-hydrogen) atoms. The van der Waals surface area contributed by atoms with Crippen LogP contribution >= 0.6 is 35.0 Å². The molecule has 0 saturated carbocycles. The number of benzene rings is 2. The van der Waals surface area contributed by atoms with Crippen LogP contribution in [-0.2, 0) is 10.5 Å². The third-order valence-corrected chi connectivity index (χ3v) is 7.54. The lowest BCUT2D eigenvalue weighted by Crippen LogP contribution is -2.38. The number of anilines is 3. The summed E-state index contributed by atoms with van der Waals surface area (Å²) in [6, 6.07) is 15.3. The van der Waals surface area contributed by atoms with E-state index < -0.39 is 28.8 Å². The van der Waals surface area contributed by atoms with E-state index in [1.54, 1.807) is 23.9 Å². The van der Waals surface area contributed by atoms with E-state index in [1.807, 2.05) is 30.3 Å². The Balaban J connectivity index is 1.41. The molecule has 1 amide bonds. The number of nitrogens with zero attached hydrogens (tertiary/aromatic N) is 1. The molecule has 4 aromatic rings. The van der Waals surface area contributed by atoms with Gasteiger partial charge in [0.1, 0.15) is 11.4 Å². The number of hydrogen-bond donors (Lipinski definition) is 4. The van der Waals surface area contributed by atoms with Crippen molar-refractivity contribution in [2.45, 2.75) is 18.2 Å². The number of rotatable bonds is 13. The highest BCUT2D eigenvalue weighted by molar-refractivity contribution is 7.98. The predicted octanol–water partition coefficient (Wildman–Crippen LogP) is 5.21. The van der Waals surface area contributed by atoms with Gasteiger partial charge in [0.25, 0.3) is 16.8 Å². The first kappa shape index (κ1) is 29.1. The monoisotopic (exact) mass is 598 g/mol. The number of carboxylic acid groups (broad SMARTS) is 1. The molecule has 9 nitrogen and oxygen atoms in total. The lowest BCUT2D eigenvalue weighted by Gasteiger charge is -2.22. The second kappa shape index (κ2) is 13.5. The van der Waals surface area contributed by atoms with Crippen LogP contribution in [0, 0.1) is 0 Å². The van der Waals surface area contributed by atoms with Gasteiger partial charge in [0, 0.05) is 36.0 Å². The molecule has 3 aromatic carbocycles. The first-order chi connectivity index (χ1) is 19.2. The Bertz CT molecular complexity index is 1550. The molecule has 0 aliphatic carbocycles. The zero-order valence-electron chi connectivity index (χ0n) is 20.9. The van der Waals surface area contributed by atoms with Gasteiger partial charge in [-0.2, -0.15) is 11.8 Å². The van der Waals surface area contributed by atoms with Gasteiger partial charge >= 0.3 is 5.97 Å². The van der Waals surface area contributed by atoms with Gasteiger partial charge in [-0.1, -0.05) is 65.7 Å². The van der Waals surface area contributed by atoms with E-state index in [1.165, 1.54) is 30.1 Å². The molecule has 0 aliphatic heterocycles. The van der Waals surface area contributed by atoms with Crippen LogP contribution in [-0.4, -0.2) is 34.3 Å². The lowest BCUT2D eigenvalue weighted by atomic mass is 10.0. The zero-order valence-corrected chi connectivity index (χ0v) is 23.3. The quantitative estimate of drug-likeness (QED) is 0.121. The van der Waals surface area contributed by atoms with Crippen molar-refractivity contribution in [2.24, 2.45) is 0 Å². The van der Waals surface area contributed by atoms with E-state index in [9.17, 15) is 24.3 Å². The summed E-state index contributed by atoms with van der Waals surface area (Å²) in [6.07, 6.45) is 2.34. The normalized spacial score (nSPS) is 11.7. The Morgan fingerprint density at radius 3 is 2.20 bits per heavy atom. The minimum atomic E-state index is -1.10. The van der Waals surface area contributed by atoms with Crippen molar-refractivity contribution in [1.82, 2.24) is 4.98 Å². The summed E-state index contributed by atoms with van der Waals surface area (Å²) in [5.74, 6) is -0.0719. The maximum absolute atomic E-state index is 12.7. The van der Waals surface area contributed by atoms with Crippen molar-refractivity contribution in [2.75, 3.05) is 28.2 Å². The molecule has 4 rings (SSSR count). The number of pyridine rings is 1. The van der Waals surface area contributed by atoms with Crippen LogP contribution < -0.4 is 26.8 Å². The third-order valence-electron chi connectivity index (χ3n) is 5.93. The standard InChI is InChI=1S/C28H24Cl2N4O5S/c29-19-13-31-14-20(30)23(19)34-28(39)18-8-6-17(7-9-18)21(12-22(35)36)33-25-24(26(37)27(25)38)32-10-11-40-15-16-4-2-1-3-5-16/h1-9,13-14,21,32-33H,10-12,15H2,(H,35,36)(H,31,34,39). The Hall–Kier alpha value is -3.86. The second-order valence-electron chi connectivity index (χ2n) is 8.72. The molecular formula is C28H24Cl2N4O5S. The van der Waals surface area contributed by atoms with Crippen LogP contribution in [0.25, 0.3) is 0 Å². The van der Waals surface area contributed by atoms with Gasteiger partial charge in [-0.25, -0.2) is 0 Å². The highest BCUT2D eigenvalue weighted by Gasteiger charge is 2.25. The van der Waals surface area contributed by atoms with Crippen LogP contribution in [0.1, 0.15) is 33.9 Å². The summed E-state index contributed by atoms with van der Waals surface area (Å²) < 4.78 is 0. The van der Waals surface area contributed by atoms with Gasteiger partial charge in [-0.05, 0) is 23.3 Å². The summed E-state index contributed by atoms with van der Waals surface area (Å²) in [6.45, 7) is 0.454. The van der Waals surface area contributed by atoms with Crippen LogP contribution in [0.3, 0.4) is 0 Å². The highest BCUT2D eigenvalue weighted by Crippen LogP contribution is 2.30. The Labute approximate surface area is 243 Å². The molecule has 0 aliphatic rings. The molecule has 0 spiro atoms. The SMILES string of the molecule is O=C(O)CC(Nc1c(NCCSCc2ccccc2)c(=O)c1=O)c1ccc(C(=O)Nc2c(Cl)cncc2Cl)cc1. The number of carbonyl (C=O) groups excluding carboxylic acids is 1. The van der Waals surface area contributed by atoms with Gasteiger partial charge in [0.05, 0.1) is 28.2 Å². The number of carboxylic acids is 1. The molecule has 12 heteroatoms. The van der Waals surface area contributed by atoms with Crippen LogP contribution in [0.4, 0.5) is 17.1 Å². The molecule has 0 fully saturated rings. The molecule has 206 valence electrons. The maximum Gasteiger partial charge on any atom is 0.305 e. The molecular weight excluding hydrogens is 575 g/mol. The van der Waals surface area contributed by atoms with Crippen molar-refractivity contribution in [3.05, 3.63) is 114 Å². The average molecular weight is 599 g/mol. The lowest BCUT2D eigenvalue weighted by molar-refractivity contribution is -0.137. The molecule has 1 heterocycles.